The van der Waals surface area contributed by atoms with Crippen molar-refractivity contribution in [3.8, 4) is 5.75 Å². The highest BCUT2D eigenvalue weighted by atomic mass is 32.1. The highest BCUT2D eigenvalue weighted by Crippen LogP contribution is 2.30. The molecule has 0 saturated heterocycles. The van der Waals surface area contributed by atoms with Crippen LogP contribution >= 0.6 is 11.3 Å². The van der Waals surface area contributed by atoms with Crippen molar-refractivity contribution in [3.05, 3.63) is 100 Å². The average Bonchev–Trinajstić information content (AvgIpc) is 3.27. The summed E-state index contributed by atoms with van der Waals surface area (Å²) < 4.78 is 5.79. The summed E-state index contributed by atoms with van der Waals surface area (Å²) in [7, 11) is 0. The first-order valence-corrected chi connectivity index (χ1v) is 10.2. The van der Waals surface area contributed by atoms with Crippen LogP contribution in [0.4, 0.5) is 0 Å². The fourth-order valence-corrected chi connectivity index (χ4v) is 4.10. The third-order valence-corrected chi connectivity index (χ3v) is 5.57. The molecule has 4 aromatic rings. The Morgan fingerprint density at radius 1 is 0.964 bits per heavy atom. The monoisotopic (exact) mass is 387 g/mol. The van der Waals surface area contributed by atoms with Crippen LogP contribution in [-0.2, 0) is 0 Å². The third kappa shape index (κ3) is 3.78. The second-order valence-corrected chi connectivity index (χ2v) is 7.44. The summed E-state index contributed by atoms with van der Waals surface area (Å²) in [5, 5.41) is 7.31. The van der Waals surface area contributed by atoms with Gasteiger partial charge in [-0.25, -0.2) is 0 Å². The lowest BCUT2D eigenvalue weighted by Gasteiger charge is -2.19. The van der Waals surface area contributed by atoms with Gasteiger partial charge >= 0.3 is 0 Å². The summed E-state index contributed by atoms with van der Waals surface area (Å²) in [6.07, 6.45) is 0. The summed E-state index contributed by atoms with van der Waals surface area (Å²) >= 11 is 1.63. The van der Waals surface area contributed by atoms with Gasteiger partial charge in [0.1, 0.15) is 5.75 Å². The molecule has 3 aromatic carbocycles. The van der Waals surface area contributed by atoms with E-state index in [9.17, 15) is 4.79 Å². The SMILES string of the molecule is CCOc1cc2ccccc2cc1C(=O)NC(c1ccccc1)c1cccs1. The van der Waals surface area contributed by atoms with E-state index in [0.717, 1.165) is 21.2 Å². The number of thiophene rings is 1. The van der Waals surface area contributed by atoms with Crippen molar-refractivity contribution in [1.29, 1.82) is 0 Å². The minimum atomic E-state index is -0.199. The van der Waals surface area contributed by atoms with Crippen LogP contribution in [-0.4, -0.2) is 12.5 Å². The molecule has 0 fully saturated rings. The zero-order chi connectivity index (χ0) is 19.3. The molecule has 140 valence electrons. The van der Waals surface area contributed by atoms with Crippen LogP contribution in [0.15, 0.2) is 84.2 Å². The van der Waals surface area contributed by atoms with E-state index in [1.54, 1.807) is 11.3 Å². The Balaban J connectivity index is 1.72. The number of hydrogen-bond donors (Lipinski definition) is 1. The lowest BCUT2D eigenvalue weighted by molar-refractivity contribution is 0.0940. The maximum absolute atomic E-state index is 13.3. The molecule has 0 radical (unpaired) electrons. The molecule has 1 heterocycles. The normalized spacial score (nSPS) is 11.9. The summed E-state index contributed by atoms with van der Waals surface area (Å²) in [4.78, 5) is 14.4. The highest BCUT2D eigenvalue weighted by Gasteiger charge is 2.21. The van der Waals surface area contributed by atoms with Crippen LogP contribution in [0.2, 0.25) is 0 Å². The number of amides is 1. The number of rotatable bonds is 6. The molecule has 1 aromatic heterocycles. The van der Waals surface area contributed by atoms with Crippen LogP contribution in [0.1, 0.15) is 33.8 Å². The van der Waals surface area contributed by atoms with Crippen LogP contribution in [0.25, 0.3) is 10.8 Å². The Morgan fingerprint density at radius 2 is 1.68 bits per heavy atom. The van der Waals surface area contributed by atoms with Gasteiger partial charge in [-0.05, 0) is 46.8 Å². The summed E-state index contributed by atoms with van der Waals surface area (Å²) in [5.74, 6) is 0.466. The van der Waals surface area contributed by atoms with Crippen molar-refractivity contribution < 1.29 is 9.53 Å². The molecule has 0 bridgehead atoms. The molecule has 28 heavy (non-hydrogen) atoms. The lowest BCUT2D eigenvalue weighted by Crippen LogP contribution is -2.29. The van der Waals surface area contributed by atoms with E-state index in [1.807, 2.05) is 91.2 Å². The Kier molecular flexibility index (Phi) is 5.40. The molecule has 1 atom stereocenters. The second-order valence-electron chi connectivity index (χ2n) is 6.46. The zero-order valence-corrected chi connectivity index (χ0v) is 16.4. The first-order valence-electron chi connectivity index (χ1n) is 9.31. The number of carbonyl (C=O) groups excluding carboxylic acids is 1. The average molecular weight is 388 g/mol. The van der Waals surface area contributed by atoms with Crippen LogP contribution in [0.5, 0.6) is 5.75 Å². The van der Waals surface area contributed by atoms with E-state index in [4.69, 9.17) is 4.74 Å². The quantitative estimate of drug-likeness (QED) is 0.453. The minimum absolute atomic E-state index is 0.142. The Hall–Kier alpha value is -3.11. The number of ether oxygens (including phenoxy) is 1. The molecule has 3 nitrogen and oxygen atoms in total. The van der Waals surface area contributed by atoms with E-state index in [1.165, 1.54) is 0 Å². The van der Waals surface area contributed by atoms with Gasteiger partial charge in [0, 0.05) is 4.88 Å². The number of benzene rings is 3. The van der Waals surface area contributed by atoms with Crippen molar-refractivity contribution >= 4 is 28.0 Å². The maximum atomic E-state index is 13.3. The van der Waals surface area contributed by atoms with Gasteiger partial charge in [-0.15, -0.1) is 11.3 Å². The van der Waals surface area contributed by atoms with Gasteiger partial charge in [-0.3, -0.25) is 4.79 Å². The van der Waals surface area contributed by atoms with Gasteiger partial charge in [0.2, 0.25) is 0 Å². The van der Waals surface area contributed by atoms with Crippen molar-refractivity contribution in [1.82, 2.24) is 5.32 Å². The summed E-state index contributed by atoms with van der Waals surface area (Å²) in [6.45, 7) is 2.43. The fourth-order valence-electron chi connectivity index (χ4n) is 3.30. The van der Waals surface area contributed by atoms with Gasteiger partial charge in [0.25, 0.3) is 5.91 Å². The minimum Gasteiger partial charge on any atom is -0.493 e. The van der Waals surface area contributed by atoms with E-state index in [0.29, 0.717) is 17.9 Å². The van der Waals surface area contributed by atoms with E-state index in [2.05, 4.69) is 5.32 Å². The molecule has 1 unspecified atom stereocenters. The largest absolute Gasteiger partial charge is 0.493 e. The summed E-state index contributed by atoms with van der Waals surface area (Å²) in [6, 6.07) is 25.7. The first kappa shape index (κ1) is 18.3. The van der Waals surface area contributed by atoms with Gasteiger partial charge in [-0.2, -0.15) is 0 Å². The van der Waals surface area contributed by atoms with Crippen molar-refractivity contribution in [2.75, 3.05) is 6.61 Å². The van der Waals surface area contributed by atoms with Gasteiger partial charge in [-0.1, -0.05) is 60.7 Å². The first-order chi connectivity index (χ1) is 13.8. The van der Waals surface area contributed by atoms with E-state index >= 15 is 0 Å². The fraction of sp³-hybridized carbons (Fsp3) is 0.125. The molecule has 0 spiro atoms. The van der Waals surface area contributed by atoms with Crippen molar-refractivity contribution in [2.45, 2.75) is 13.0 Å². The molecular formula is C24H21NO2S. The van der Waals surface area contributed by atoms with Crippen molar-refractivity contribution in [3.63, 3.8) is 0 Å². The molecule has 0 aliphatic heterocycles. The van der Waals surface area contributed by atoms with E-state index in [-0.39, 0.29) is 11.9 Å². The Morgan fingerprint density at radius 3 is 2.36 bits per heavy atom. The van der Waals surface area contributed by atoms with Crippen LogP contribution < -0.4 is 10.1 Å². The van der Waals surface area contributed by atoms with E-state index < -0.39 is 0 Å². The molecule has 1 amide bonds. The van der Waals surface area contributed by atoms with Crippen molar-refractivity contribution in [2.24, 2.45) is 0 Å². The number of fused-ring (bicyclic) bond motifs is 1. The Labute approximate surface area is 168 Å². The number of nitrogens with one attached hydrogen (secondary N) is 1. The number of carbonyl (C=O) groups is 1. The standard InChI is InChI=1S/C24H21NO2S/c1-2-27-21-16-19-12-7-6-11-18(19)15-20(21)24(26)25-23(22-13-8-14-28-22)17-9-4-3-5-10-17/h3-16,23H,2H2,1H3,(H,25,26). The molecule has 4 rings (SSSR count). The topological polar surface area (TPSA) is 38.3 Å². The lowest BCUT2D eigenvalue weighted by atomic mass is 10.0. The van der Waals surface area contributed by atoms with Gasteiger partial charge in [0.15, 0.2) is 0 Å². The maximum Gasteiger partial charge on any atom is 0.255 e. The van der Waals surface area contributed by atoms with Crippen LogP contribution in [0, 0.1) is 0 Å². The molecule has 4 heteroatoms. The van der Waals surface area contributed by atoms with Gasteiger partial charge in [0.05, 0.1) is 18.2 Å². The molecule has 0 aliphatic carbocycles. The van der Waals surface area contributed by atoms with Crippen LogP contribution in [0.3, 0.4) is 0 Å². The second kappa shape index (κ2) is 8.28. The van der Waals surface area contributed by atoms with Gasteiger partial charge < -0.3 is 10.1 Å². The highest BCUT2D eigenvalue weighted by molar-refractivity contribution is 7.10. The molecule has 0 aliphatic rings. The number of hydrogen-bond acceptors (Lipinski definition) is 3. The predicted octanol–water partition coefficient (Wildman–Crippen LogP) is 5.82. The third-order valence-electron chi connectivity index (χ3n) is 4.63. The predicted molar refractivity (Wildman–Crippen MR) is 115 cm³/mol. The molecular weight excluding hydrogens is 366 g/mol. The zero-order valence-electron chi connectivity index (χ0n) is 15.6. The molecule has 1 N–H and O–H groups in total. The smallest absolute Gasteiger partial charge is 0.255 e. The molecule has 0 saturated carbocycles. The summed E-state index contributed by atoms with van der Waals surface area (Å²) in [5.41, 5.74) is 1.61. The Bertz CT molecular complexity index is 1070.